The van der Waals surface area contributed by atoms with E-state index in [2.05, 4.69) is 48.3 Å². The number of thiophene rings is 1. The predicted molar refractivity (Wildman–Crippen MR) is 79.5 cm³/mol. The molecule has 0 saturated carbocycles. The summed E-state index contributed by atoms with van der Waals surface area (Å²) in [6, 6.07) is 4.37. The van der Waals surface area contributed by atoms with Crippen LogP contribution < -0.4 is 5.32 Å². The van der Waals surface area contributed by atoms with Gasteiger partial charge in [0.1, 0.15) is 11.6 Å². The summed E-state index contributed by atoms with van der Waals surface area (Å²) in [5.41, 5.74) is 0.157. The normalized spacial score (nSPS) is 12.1. The minimum absolute atomic E-state index is 0.157. The molecule has 0 spiro atoms. The monoisotopic (exact) mass is 278 g/mol. The van der Waals surface area contributed by atoms with Gasteiger partial charge in [-0.2, -0.15) is 5.10 Å². The van der Waals surface area contributed by atoms with Gasteiger partial charge in [0, 0.05) is 21.8 Å². The molecule has 0 aliphatic rings. The molecule has 0 amide bonds. The largest absolute Gasteiger partial charge is 0.307 e. The van der Waals surface area contributed by atoms with E-state index in [1.165, 1.54) is 9.75 Å². The lowest BCUT2D eigenvalue weighted by Gasteiger charge is -2.19. The topological polar surface area (TPSA) is 42.7 Å². The number of hydrogen-bond donors (Lipinski definition) is 1. The molecular formula is C14H22N4S. The van der Waals surface area contributed by atoms with Gasteiger partial charge in [0.05, 0.1) is 6.54 Å². The van der Waals surface area contributed by atoms with Crippen LogP contribution >= 0.6 is 11.3 Å². The van der Waals surface area contributed by atoms with Crippen LogP contribution in [0.4, 0.5) is 0 Å². The number of aryl methyl sites for hydroxylation is 2. The van der Waals surface area contributed by atoms with Gasteiger partial charge in [-0.05, 0) is 46.8 Å². The van der Waals surface area contributed by atoms with Crippen molar-refractivity contribution in [1.29, 1.82) is 0 Å². The van der Waals surface area contributed by atoms with Gasteiger partial charge in [0.25, 0.3) is 0 Å². The molecule has 5 heteroatoms. The molecule has 19 heavy (non-hydrogen) atoms. The Bertz CT molecular complexity index is 548. The summed E-state index contributed by atoms with van der Waals surface area (Å²) in [5.74, 6) is 1.81. The molecule has 4 nitrogen and oxygen atoms in total. The fraction of sp³-hybridized carbons (Fsp3) is 0.571. The number of hydrogen-bond acceptors (Lipinski definition) is 4. The molecule has 1 N–H and O–H groups in total. The van der Waals surface area contributed by atoms with E-state index < -0.39 is 0 Å². The third kappa shape index (κ3) is 4.14. The van der Waals surface area contributed by atoms with Gasteiger partial charge in [0.15, 0.2) is 0 Å². The summed E-state index contributed by atoms with van der Waals surface area (Å²) in [5, 5.41) is 7.90. The van der Waals surface area contributed by atoms with Crippen LogP contribution in [0, 0.1) is 13.8 Å². The van der Waals surface area contributed by atoms with Crippen molar-refractivity contribution in [2.24, 2.45) is 0 Å². The number of rotatable bonds is 4. The van der Waals surface area contributed by atoms with Gasteiger partial charge < -0.3 is 5.32 Å². The van der Waals surface area contributed by atoms with E-state index in [1.54, 1.807) is 0 Å². The zero-order valence-electron chi connectivity index (χ0n) is 12.3. The van der Waals surface area contributed by atoms with Crippen LogP contribution in [-0.4, -0.2) is 20.3 Å². The molecule has 104 valence electrons. The molecule has 2 aromatic rings. The minimum Gasteiger partial charge on any atom is -0.307 e. The fourth-order valence-electron chi connectivity index (χ4n) is 1.81. The van der Waals surface area contributed by atoms with Crippen LogP contribution in [-0.2, 0) is 13.1 Å². The van der Waals surface area contributed by atoms with Crippen LogP contribution in [0.3, 0.4) is 0 Å². The fourth-order valence-corrected chi connectivity index (χ4v) is 2.75. The average Bonchev–Trinajstić information content (AvgIpc) is 2.83. The third-order valence-electron chi connectivity index (χ3n) is 2.78. The van der Waals surface area contributed by atoms with E-state index in [0.29, 0.717) is 0 Å². The Hall–Kier alpha value is -1.20. The highest BCUT2D eigenvalue weighted by Gasteiger charge is 2.10. The summed E-state index contributed by atoms with van der Waals surface area (Å²) >= 11 is 1.84. The Labute approximate surface area is 118 Å². The predicted octanol–water partition coefficient (Wildman–Crippen LogP) is 2.89. The highest BCUT2D eigenvalue weighted by atomic mass is 32.1. The van der Waals surface area contributed by atoms with E-state index in [0.717, 1.165) is 24.7 Å². The Morgan fingerprint density at radius 1 is 1.21 bits per heavy atom. The highest BCUT2D eigenvalue weighted by molar-refractivity contribution is 7.11. The van der Waals surface area contributed by atoms with Crippen molar-refractivity contribution in [2.75, 3.05) is 0 Å². The van der Waals surface area contributed by atoms with E-state index in [-0.39, 0.29) is 5.54 Å². The number of nitrogens with one attached hydrogen (secondary N) is 1. The van der Waals surface area contributed by atoms with Crippen LogP contribution in [0.25, 0.3) is 0 Å². The summed E-state index contributed by atoms with van der Waals surface area (Å²) in [4.78, 5) is 7.01. The first-order valence-corrected chi connectivity index (χ1v) is 7.36. The average molecular weight is 278 g/mol. The third-order valence-corrected chi connectivity index (χ3v) is 3.85. The zero-order chi connectivity index (χ0) is 14.0. The van der Waals surface area contributed by atoms with Crippen molar-refractivity contribution in [3.05, 3.63) is 33.5 Å². The van der Waals surface area contributed by atoms with E-state index in [4.69, 9.17) is 0 Å². The van der Waals surface area contributed by atoms with Crippen molar-refractivity contribution >= 4 is 11.3 Å². The Kier molecular flexibility index (Phi) is 4.06. The van der Waals surface area contributed by atoms with Gasteiger partial charge in [-0.3, -0.25) is 0 Å². The molecule has 0 atom stereocenters. The van der Waals surface area contributed by atoms with Crippen LogP contribution in [0.1, 0.15) is 42.2 Å². The van der Waals surface area contributed by atoms with Gasteiger partial charge >= 0.3 is 0 Å². The first-order chi connectivity index (χ1) is 8.83. The lowest BCUT2D eigenvalue weighted by molar-refractivity contribution is 0.426. The maximum absolute atomic E-state index is 4.40. The quantitative estimate of drug-likeness (QED) is 0.935. The molecule has 0 fully saturated rings. The van der Waals surface area contributed by atoms with Gasteiger partial charge in [-0.1, -0.05) is 0 Å². The number of aromatic nitrogens is 3. The molecule has 2 rings (SSSR count). The lowest BCUT2D eigenvalue weighted by atomic mass is 10.1. The smallest absolute Gasteiger partial charge is 0.147 e. The van der Waals surface area contributed by atoms with Gasteiger partial charge in [0.2, 0.25) is 0 Å². The summed E-state index contributed by atoms with van der Waals surface area (Å²) < 4.78 is 1.96. The van der Waals surface area contributed by atoms with Crippen molar-refractivity contribution in [1.82, 2.24) is 20.1 Å². The van der Waals surface area contributed by atoms with Crippen molar-refractivity contribution in [3.8, 4) is 0 Å². The maximum Gasteiger partial charge on any atom is 0.147 e. The maximum atomic E-state index is 4.40. The summed E-state index contributed by atoms with van der Waals surface area (Å²) in [6.07, 6.45) is 0. The molecule has 0 aromatic carbocycles. The van der Waals surface area contributed by atoms with Gasteiger partial charge in [-0.25, -0.2) is 9.67 Å². The molecular weight excluding hydrogens is 256 g/mol. The summed E-state index contributed by atoms with van der Waals surface area (Å²) in [6.45, 7) is 12.2. The molecule has 2 aromatic heterocycles. The molecule has 0 bridgehead atoms. The van der Waals surface area contributed by atoms with Crippen molar-refractivity contribution in [2.45, 2.75) is 53.2 Å². The Morgan fingerprint density at radius 3 is 2.47 bits per heavy atom. The summed E-state index contributed by atoms with van der Waals surface area (Å²) in [7, 11) is 0. The zero-order valence-corrected chi connectivity index (χ0v) is 13.1. The molecule has 0 radical (unpaired) electrons. The van der Waals surface area contributed by atoms with E-state index in [9.17, 15) is 0 Å². The second-order valence-corrected chi connectivity index (χ2v) is 7.09. The molecule has 0 aliphatic carbocycles. The van der Waals surface area contributed by atoms with Crippen LogP contribution in [0.15, 0.2) is 12.1 Å². The lowest BCUT2D eigenvalue weighted by Crippen LogP contribution is -2.34. The standard InChI is InChI=1S/C14H22N4S/c1-10-16-11(2)18(17-10)9-13-7-6-12(19-13)8-15-14(3,4)5/h6-7,15H,8-9H2,1-5H3. The first-order valence-electron chi connectivity index (χ1n) is 6.54. The van der Waals surface area contributed by atoms with E-state index in [1.807, 2.05) is 29.9 Å². The Balaban J connectivity index is 1.99. The van der Waals surface area contributed by atoms with Crippen LogP contribution in [0.5, 0.6) is 0 Å². The highest BCUT2D eigenvalue weighted by Crippen LogP contribution is 2.18. The molecule has 0 saturated heterocycles. The molecule has 0 unspecified atom stereocenters. The Morgan fingerprint density at radius 2 is 1.89 bits per heavy atom. The molecule has 0 aliphatic heterocycles. The van der Waals surface area contributed by atoms with Crippen molar-refractivity contribution < 1.29 is 0 Å². The SMILES string of the molecule is Cc1nc(C)n(Cc2ccc(CNC(C)(C)C)s2)n1. The number of nitrogens with zero attached hydrogens (tertiary/aromatic N) is 3. The van der Waals surface area contributed by atoms with Crippen molar-refractivity contribution in [3.63, 3.8) is 0 Å². The second-order valence-electron chi connectivity index (χ2n) is 5.84. The second kappa shape index (κ2) is 5.43. The van der Waals surface area contributed by atoms with Crippen LogP contribution in [0.2, 0.25) is 0 Å². The van der Waals surface area contributed by atoms with E-state index >= 15 is 0 Å². The van der Waals surface area contributed by atoms with Gasteiger partial charge in [-0.15, -0.1) is 11.3 Å². The first kappa shape index (κ1) is 14.2. The minimum atomic E-state index is 0.157. The molecule has 2 heterocycles.